The van der Waals surface area contributed by atoms with Crippen molar-refractivity contribution in [1.82, 2.24) is 25.0 Å². The smallest absolute Gasteiger partial charge is 0.178 e. The minimum absolute atomic E-state index is 0.262. The van der Waals surface area contributed by atoms with Crippen LogP contribution in [0.5, 0.6) is 0 Å². The third kappa shape index (κ3) is 3.60. The molecule has 4 heterocycles. The van der Waals surface area contributed by atoms with E-state index >= 15 is 0 Å². The number of benzene rings is 1. The molecular weight excluding hydrogens is 388 g/mol. The number of nitriles is 1. The molecular formula is C23H22N8. The van der Waals surface area contributed by atoms with Crippen LogP contribution in [0.2, 0.25) is 0 Å². The lowest BCUT2D eigenvalue weighted by Crippen LogP contribution is -2.40. The number of aromatic nitrogens is 5. The summed E-state index contributed by atoms with van der Waals surface area (Å²) in [6.07, 6.45) is 3.75. The quantitative estimate of drug-likeness (QED) is 0.553. The van der Waals surface area contributed by atoms with E-state index in [1.54, 1.807) is 4.68 Å². The van der Waals surface area contributed by atoms with Gasteiger partial charge in [-0.05, 0) is 43.2 Å². The molecule has 0 unspecified atom stereocenters. The Morgan fingerprint density at radius 3 is 2.58 bits per heavy atom. The van der Waals surface area contributed by atoms with Crippen molar-refractivity contribution in [3.8, 4) is 28.5 Å². The fourth-order valence-electron chi connectivity index (χ4n) is 3.98. The van der Waals surface area contributed by atoms with E-state index in [4.69, 9.17) is 16.0 Å². The van der Waals surface area contributed by atoms with E-state index in [1.165, 1.54) is 0 Å². The zero-order chi connectivity index (χ0) is 21.4. The van der Waals surface area contributed by atoms with E-state index < -0.39 is 0 Å². The molecule has 1 aliphatic rings. The highest BCUT2D eigenvalue weighted by Crippen LogP contribution is 2.34. The van der Waals surface area contributed by atoms with Crippen LogP contribution < -0.4 is 10.6 Å². The molecule has 8 nitrogen and oxygen atoms in total. The van der Waals surface area contributed by atoms with Gasteiger partial charge < -0.3 is 10.6 Å². The lowest BCUT2D eigenvalue weighted by molar-refractivity contribution is 0.499. The molecule has 154 valence electrons. The first kappa shape index (κ1) is 19.2. The lowest BCUT2D eigenvalue weighted by Gasteiger charge is -2.31. The Balaban J connectivity index is 1.62. The zero-order valence-electron chi connectivity index (χ0n) is 17.2. The minimum atomic E-state index is 0.262. The third-order valence-electron chi connectivity index (χ3n) is 5.78. The minimum Gasteiger partial charge on any atom is -0.356 e. The van der Waals surface area contributed by atoms with E-state index in [1.807, 2.05) is 43.6 Å². The first-order chi connectivity index (χ1) is 15.1. The zero-order valence-corrected chi connectivity index (χ0v) is 17.2. The van der Waals surface area contributed by atoms with Crippen molar-refractivity contribution in [3.63, 3.8) is 0 Å². The highest BCUT2D eigenvalue weighted by molar-refractivity contribution is 5.85. The summed E-state index contributed by atoms with van der Waals surface area (Å²) in [5, 5.41) is 17.4. The predicted molar refractivity (Wildman–Crippen MR) is 119 cm³/mol. The Bertz CT molecular complexity index is 1280. The van der Waals surface area contributed by atoms with Crippen LogP contribution in [-0.2, 0) is 7.05 Å². The van der Waals surface area contributed by atoms with Gasteiger partial charge in [0, 0.05) is 49.1 Å². The molecule has 0 saturated carbocycles. The van der Waals surface area contributed by atoms with Crippen molar-refractivity contribution < 1.29 is 0 Å². The van der Waals surface area contributed by atoms with Crippen molar-refractivity contribution in [1.29, 1.82) is 5.26 Å². The van der Waals surface area contributed by atoms with Crippen molar-refractivity contribution >= 4 is 17.0 Å². The van der Waals surface area contributed by atoms with Gasteiger partial charge >= 0.3 is 0 Å². The van der Waals surface area contributed by atoms with Crippen LogP contribution in [-0.4, -0.2) is 44.1 Å². The molecule has 1 saturated heterocycles. The summed E-state index contributed by atoms with van der Waals surface area (Å²) in [4.78, 5) is 11.9. The maximum absolute atomic E-state index is 9.16. The van der Waals surface area contributed by atoms with Gasteiger partial charge in [0.15, 0.2) is 5.65 Å². The molecule has 0 atom stereocenters. The van der Waals surface area contributed by atoms with Gasteiger partial charge in [0.25, 0.3) is 0 Å². The molecule has 0 spiro atoms. The molecule has 31 heavy (non-hydrogen) atoms. The van der Waals surface area contributed by atoms with Crippen LogP contribution in [0.15, 0.2) is 48.7 Å². The number of pyridine rings is 2. The maximum atomic E-state index is 9.16. The molecule has 1 fully saturated rings. The second-order valence-electron chi connectivity index (χ2n) is 7.86. The van der Waals surface area contributed by atoms with Gasteiger partial charge in [-0.15, -0.1) is 5.10 Å². The average Bonchev–Trinajstić information content (AvgIpc) is 3.19. The summed E-state index contributed by atoms with van der Waals surface area (Å²) < 4.78 is 1.66. The van der Waals surface area contributed by atoms with E-state index in [9.17, 15) is 0 Å². The number of nitrogens with two attached hydrogens (primary N) is 1. The van der Waals surface area contributed by atoms with Crippen LogP contribution in [0.3, 0.4) is 0 Å². The highest BCUT2D eigenvalue weighted by atomic mass is 15.4. The molecule has 1 aromatic carbocycles. The lowest BCUT2D eigenvalue weighted by atomic mass is 9.99. The van der Waals surface area contributed by atoms with Crippen molar-refractivity contribution in [2.75, 3.05) is 18.0 Å². The number of hydrogen-bond donors (Lipinski definition) is 1. The van der Waals surface area contributed by atoms with Crippen molar-refractivity contribution in [2.45, 2.75) is 18.9 Å². The third-order valence-corrected chi connectivity index (χ3v) is 5.78. The van der Waals surface area contributed by atoms with Crippen LogP contribution in [0.1, 0.15) is 18.4 Å². The molecule has 3 aromatic heterocycles. The first-order valence-electron chi connectivity index (χ1n) is 10.3. The molecule has 0 aliphatic carbocycles. The molecule has 0 bridgehead atoms. The standard InChI is InChI=1S/C23H22N8/c1-30-23-20(28-29-30)12-17(14-26-23)19-6-7-21(31-10-8-18(25)9-11-31)27-22(19)16-4-2-15(13-24)3-5-16/h2-7,12,14,18H,8-11,25H2,1H3. The Morgan fingerprint density at radius 1 is 1.06 bits per heavy atom. The molecule has 0 amide bonds. The van der Waals surface area contributed by atoms with Gasteiger partial charge in [0.05, 0.1) is 17.3 Å². The number of nitrogens with zero attached hydrogens (tertiary/aromatic N) is 7. The van der Waals surface area contributed by atoms with E-state index in [0.29, 0.717) is 5.56 Å². The van der Waals surface area contributed by atoms with Crippen LogP contribution in [0, 0.1) is 11.3 Å². The second-order valence-corrected chi connectivity index (χ2v) is 7.86. The summed E-state index contributed by atoms with van der Waals surface area (Å²) in [7, 11) is 1.82. The van der Waals surface area contributed by atoms with Gasteiger partial charge in [-0.25, -0.2) is 14.6 Å². The van der Waals surface area contributed by atoms with Crippen LogP contribution in [0.25, 0.3) is 33.5 Å². The Labute approximate surface area is 180 Å². The SMILES string of the molecule is Cn1nnc2cc(-c3ccc(N4CCC(N)CC4)nc3-c3ccc(C#N)cc3)cnc21. The van der Waals surface area contributed by atoms with Crippen LogP contribution in [0.4, 0.5) is 5.82 Å². The number of aryl methyl sites for hydroxylation is 1. The number of rotatable bonds is 3. The maximum Gasteiger partial charge on any atom is 0.178 e. The molecule has 4 aromatic rings. The predicted octanol–water partition coefficient (Wildman–Crippen LogP) is 2.89. The van der Waals surface area contributed by atoms with E-state index in [0.717, 1.165) is 65.3 Å². The van der Waals surface area contributed by atoms with E-state index in [-0.39, 0.29) is 6.04 Å². The van der Waals surface area contributed by atoms with Gasteiger partial charge in [-0.2, -0.15) is 5.26 Å². The summed E-state index contributed by atoms with van der Waals surface area (Å²) in [6, 6.07) is 16.1. The molecule has 5 rings (SSSR count). The number of fused-ring (bicyclic) bond motifs is 1. The number of piperidine rings is 1. The van der Waals surface area contributed by atoms with Crippen molar-refractivity contribution in [2.24, 2.45) is 12.8 Å². The van der Waals surface area contributed by atoms with Gasteiger partial charge in [-0.1, -0.05) is 17.3 Å². The summed E-state index contributed by atoms with van der Waals surface area (Å²) in [6.45, 7) is 1.79. The summed E-state index contributed by atoms with van der Waals surface area (Å²) in [5.74, 6) is 0.934. The molecule has 8 heteroatoms. The normalized spacial score (nSPS) is 14.7. The van der Waals surface area contributed by atoms with Gasteiger partial charge in [0.1, 0.15) is 11.3 Å². The fourth-order valence-corrected chi connectivity index (χ4v) is 3.98. The molecule has 0 radical (unpaired) electrons. The highest BCUT2D eigenvalue weighted by Gasteiger charge is 2.20. The number of hydrogen-bond acceptors (Lipinski definition) is 7. The molecule has 1 aliphatic heterocycles. The molecule has 2 N–H and O–H groups in total. The van der Waals surface area contributed by atoms with Gasteiger partial charge in [-0.3, -0.25) is 0 Å². The first-order valence-corrected chi connectivity index (χ1v) is 10.3. The Hall–Kier alpha value is -3.83. The average molecular weight is 410 g/mol. The van der Waals surface area contributed by atoms with Crippen molar-refractivity contribution in [3.05, 3.63) is 54.2 Å². The van der Waals surface area contributed by atoms with Crippen LogP contribution >= 0.6 is 0 Å². The van der Waals surface area contributed by atoms with Gasteiger partial charge in [0.2, 0.25) is 0 Å². The Kier molecular flexibility index (Phi) is 4.81. The number of anilines is 1. The fraction of sp³-hybridized carbons (Fsp3) is 0.261. The monoisotopic (exact) mass is 410 g/mol. The Morgan fingerprint density at radius 2 is 1.84 bits per heavy atom. The summed E-state index contributed by atoms with van der Waals surface area (Å²) in [5.41, 5.74) is 11.8. The van der Waals surface area contributed by atoms with E-state index in [2.05, 4.69) is 38.4 Å². The summed E-state index contributed by atoms with van der Waals surface area (Å²) >= 11 is 0. The topological polar surface area (TPSA) is 110 Å². The second kappa shape index (κ2) is 7.78. The largest absolute Gasteiger partial charge is 0.356 e.